The lowest BCUT2D eigenvalue weighted by atomic mass is 10.0. The number of anilines is 1. The van der Waals surface area contributed by atoms with E-state index in [1.165, 1.54) is 5.57 Å². The number of halogens is 1. The van der Waals surface area contributed by atoms with Crippen molar-refractivity contribution in [3.05, 3.63) is 84.0 Å². The Kier molecular flexibility index (Phi) is 7.78. The van der Waals surface area contributed by atoms with E-state index in [4.69, 9.17) is 11.6 Å². The summed E-state index contributed by atoms with van der Waals surface area (Å²) in [4.78, 5) is 16.2. The van der Waals surface area contributed by atoms with Gasteiger partial charge in [0.15, 0.2) is 0 Å². The molecule has 3 aromatic rings. The number of aromatic nitrogens is 1. The molecule has 0 aliphatic carbocycles. The SMILES string of the molecule is C.C=C(C)CC.C=C1C(=O)Nc2cc(Cl)c(-c3ccc(-c4ccccc4O)cn3)cc21. The number of rotatable bonds is 3. The van der Waals surface area contributed by atoms with E-state index in [0.717, 1.165) is 23.1 Å². The van der Waals surface area contributed by atoms with Gasteiger partial charge in [-0.2, -0.15) is 0 Å². The molecule has 1 amide bonds. The fraction of sp³-hybridized carbons (Fsp3) is 0.154. The maximum absolute atomic E-state index is 11.7. The molecule has 160 valence electrons. The summed E-state index contributed by atoms with van der Waals surface area (Å²) >= 11 is 6.36. The second kappa shape index (κ2) is 10.1. The normalized spacial score (nSPS) is 11.6. The van der Waals surface area contributed by atoms with Gasteiger partial charge in [0.05, 0.1) is 16.4 Å². The average Bonchev–Trinajstić information content (AvgIpc) is 3.01. The van der Waals surface area contributed by atoms with Gasteiger partial charge in [-0.25, -0.2) is 0 Å². The van der Waals surface area contributed by atoms with Gasteiger partial charge in [0.2, 0.25) is 0 Å². The lowest BCUT2D eigenvalue weighted by Gasteiger charge is -2.09. The summed E-state index contributed by atoms with van der Waals surface area (Å²) in [5.74, 6) is -0.0143. The van der Waals surface area contributed by atoms with Gasteiger partial charge in [-0.3, -0.25) is 9.78 Å². The number of aromatic hydroxyl groups is 1. The van der Waals surface area contributed by atoms with Gasteiger partial charge in [-0.05, 0) is 37.6 Å². The molecule has 0 fully saturated rings. The highest BCUT2D eigenvalue weighted by Crippen LogP contribution is 2.39. The number of carbonyl (C=O) groups excluding carboxylic acids is 1. The van der Waals surface area contributed by atoms with E-state index < -0.39 is 0 Å². The fourth-order valence-corrected chi connectivity index (χ4v) is 3.13. The number of pyridine rings is 1. The average molecular weight is 435 g/mol. The number of fused-ring (bicyclic) bond motifs is 1. The molecule has 1 aromatic heterocycles. The number of phenols is 1. The molecular weight excluding hydrogens is 408 g/mol. The van der Waals surface area contributed by atoms with E-state index in [2.05, 4.69) is 30.4 Å². The second-order valence-electron chi connectivity index (χ2n) is 7.07. The number of benzene rings is 2. The van der Waals surface area contributed by atoms with Crippen LogP contribution in [0.25, 0.3) is 28.0 Å². The molecular formula is C26H27ClN2O2. The van der Waals surface area contributed by atoms with Crippen LogP contribution in [-0.2, 0) is 4.79 Å². The molecule has 0 spiro atoms. The van der Waals surface area contributed by atoms with E-state index in [0.29, 0.717) is 27.5 Å². The maximum Gasteiger partial charge on any atom is 0.255 e. The van der Waals surface area contributed by atoms with E-state index >= 15 is 0 Å². The Balaban J connectivity index is 0.000000514. The number of nitrogens with one attached hydrogen (secondary N) is 1. The summed E-state index contributed by atoms with van der Waals surface area (Å²) in [6.07, 6.45) is 2.80. The lowest BCUT2D eigenvalue weighted by Crippen LogP contribution is -2.02. The summed E-state index contributed by atoms with van der Waals surface area (Å²) < 4.78 is 0. The zero-order valence-corrected chi connectivity index (χ0v) is 17.8. The number of phenolic OH excluding ortho intramolecular Hbond substituents is 1. The highest BCUT2D eigenvalue weighted by Gasteiger charge is 2.24. The van der Waals surface area contributed by atoms with E-state index in [1.807, 2.05) is 37.3 Å². The molecule has 31 heavy (non-hydrogen) atoms. The Morgan fingerprint density at radius 2 is 1.81 bits per heavy atom. The molecule has 2 N–H and O–H groups in total. The maximum atomic E-state index is 11.7. The number of allylic oxidation sites excluding steroid dienone is 1. The molecule has 0 radical (unpaired) electrons. The molecule has 0 saturated heterocycles. The largest absolute Gasteiger partial charge is 0.507 e. The van der Waals surface area contributed by atoms with Gasteiger partial charge in [0.25, 0.3) is 5.91 Å². The first kappa shape index (κ1) is 23.9. The van der Waals surface area contributed by atoms with Gasteiger partial charge >= 0.3 is 0 Å². The molecule has 1 aliphatic rings. The van der Waals surface area contributed by atoms with Crippen molar-refractivity contribution in [2.45, 2.75) is 27.7 Å². The van der Waals surface area contributed by atoms with Crippen LogP contribution in [0.4, 0.5) is 5.69 Å². The smallest absolute Gasteiger partial charge is 0.255 e. The first-order valence-corrected chi connectivity index (χ1v) is 9.93. The summed E-state index contributed by atoms with van der Waals surface area (Å²) in [6.45, 7) is 11.6. The van der Waals surface area contributed by atoms with Gasteiger partial charge in [0, 0.05) is 34.0 Å². The standard InChI is InChI=1S/C20H13ClN2O2.C5H10.CH4/c1-11-14-8-15(16(21)9-18(14)23-20(11)25)17-7-6-12(10-22-17)13-4-2-3-5-19(13)24;1-4-5(2)3;/h2-10,24H,1H2,(H,23,25);2,4H2,1,3H3;1H4. The molecule has 0 bridgehead atoms. The van der Waals surface area contributed by atoms with E-state index in [1.54, 1.807) is 24.4 Å². The highest BCUT2D eigenvalue weighted by molar-refractivity contribution is 6.36. The van der Waals surface area contributed by atoms with Gasteiger partial charge in [0.1, 0.15) is 5.75 Å². The fourth-order valence-electron chi connectivity index (χ4n) is 2.87. The highest BCUT2D eigenvalue weighted by atomic mass is 35.5. The van der Waals surface area contributed by atoms with Gasteiger partial charge in [-0.15, -0.1) is 6.58 Å². The zero-order chi connectivity index (χ0) is 21.8. The van der Waals surface area contributed by atoms with Gasteiger partial charge in [-0.1, -0.05) is 62.4 Å². The van der Waals surface area contributed by atoms with Crippen LogP contribution in [0.5, 0.6) is 5.75 Å². The Bertz CT molecular complexity index is 1130. The molecule has 2 aromatic carbocycles. The first-order chi connectivity index (χ1) is 14.3. The number of nitrogens with zero attached hydrogens (tertiary/aromatic N) is 1. The minimum Gasteiger partial charge on any atom is -0.507 e. The van der Waals surface area contributed by atoms with Crippen molar-refractivity contribution in [3.8, 4) is 28.1 Å². The number of carbonyl (C=O) groups is 1. The van der Waals surface area contributed by atoms with Crippen molar-refractivity contribution in [1.29, 1.82) is 0 Å². The van der Waals surface area contributed by atoms with Crippen LogP contribution in [0, 0.1) is 0 Å². The van der Waals surface area contributed by atoms with E-state index in [9.17, 15) is 9.90 Å². The molecule has 4 nitrogen and oxygen atoms in total. The van der Waals surface area contributed by atoms with Crippen LogP contribution in [-0.4, -0.2) is 16.0 Å². The van der Waals surface area contributed by atoms with Crippen LogP contribution < -0.4 is 5.32 Å². The molecule has 0 saturated carbocycles. The van der Waals surface area contributed by atoms with Crippen molar-refractivity contribution < 1.29 is 9.90 Å². The quantitative estimate of drug-likeness (QED) is 0.334. The van der Waals surface area contributed by atoms with Gasteiger partial charge < -0.3 is 10.4 Å². The number of amides is 1. The molecule has 0 unspecified atom stereocenters. The monoisotopic (exact) mass is 434 g/mol. The summed E-state index contributed by atoms with van der Waals surface area (Å²) in [5.41, 5.74) is 5.99. The lowest BCUT2D eigenvalue weighted by molar-refractivity contribution is -0.110. The Hall–Kier alpha value is -3.37. The zero-order valence-electron chi connectivity index (χ0n) is 17.0. The first-order valence-electron chi connectivity index (χ1n) is 9.55. The van der Waals surface area contributed by atoms with Crippen LogP contribution >= 0.6 is 11.6 Å². The third kappa shape index (κ3) is 5.22. The van der Waals surface area contributed by atoms with Crippen LogP contribution in [0.15, 0.2) is 73.5 Å². The van der Waals surface area contributed by atoms with Crippen LogP contribution in [0.1, 0.15) is 33.3 Å². The summed E-state index contributed by atoms with van der Waals surface area (Å²) in [5, 5.41) is 13.2. The summed E-state index contributed by atoms with van der Waals surface area (Å²) in [7, 11) is 0. The minimum atomic E-state index is -0.217. The predicted octanol–water partition coefficient (Wildman–Crippen LogP) is 7.35. The number of hydrogen-bond acceptors (Lipinski definition) is 3. The van der Waals surface area contributed by atoms with Crippen molar-refractivity contribution in [2.24, 2.45) is 0 Å². The minimum absolute atomic E-state index is 0. The number of hydrogen-bond donors (Lipinski definition) is 2. The predicted molar refractivity (Wildman–Crippen MR) is 131 cm³/mol. The topological polar surface area (TPSA) is 62.2 Å². The molecule has 1 aliphatic heterocycles. The molecule has 4 rings (SSSR count). The van der Waals surface area contributed by atoms with Crippen molar-refractivity contribution >= 4 is 28.8 Å². The molecule has 5 heteroatoms. The third-order valence-corrected chi connectivity index (χ3v) is 5.13. The number of para-hydroxylation sites is 1. The second-order valence-corrected chi connectivity index (χ2v) is 7.48. The van der Waals surface area contributed by atoms with Crippen molar-refractivity contribution in [3.63, 3.8) is 0 Å². The third-order valence-electron chi connectivity index (χ3n) is 4.81. The summed E-state index contributed by atoms with van der Waals surface area (Å²) in [6, 6.07) is 14.3. The van der Waals surface area contributed by atoms with E-state index in [-0.39, 0.29) is 19.1 Å². The Morgan fingerprint density at radius 1 is 1.13 bits per heavy atom. The van der Waals surface area contributed by atoms with Crippen LogP contribution in [0.3, 0.4) is 0 Å². The molecule has 2 heterocycles. The van der Waals surface area contributed by atoms with Crippen LogP contribution in [0.2, 0.25) is 5.02 Å². The molecule has 0 atom stereocenters. The Morgan fingerprint density at radius 3 is 2.39 bits per heavy atom. The van der Waals surface area contributed by atoms with Crippen molar-refractivity contribution in [2.75, 3.05) is 5.32 Å². The van der Waals surface area contributed by atoms with Crippen molar-refractivity contribution in [1.82, 2.24) is 4.98 Å². The Labute approximate surface area is 188 Å².